The van der Waals surface area contributed by atoms with E-state index in [1.54, 1.807) is 37.3 Å². The summed E-state index contributed by atoms with van der Waals surface area (Å²) in [5.41, 5.74) is 3.73. The molecule has 1 saturated carbocycles. The maximum atomic E-state index is 11.9. The minimum absolute atomic E-state index is 0.180. The first-order valence-electron chi connectivity index (χ1n) is 10.1. The molecule has 0 saturated heterocycles. The molecule has 2 N–H and O–H groups in total. The van der Waals surface area contributed by atoms with Crippen LogP contribution in [-0.4, -0.2) is 37.3 Å². The molecule has 0 atom stereocenters. The Morgan fingerprint density at radius 3 is 2.83 bits per heavy atom. The van der Waals surface area contributed by atoms with Gasteiger partial charge in [0, 0.05) is 11.6 Å². The second kappa shape index (κ2) is 10.6. The van der Waals surface area contributed by atoms with Crippen LogP contribution in [0.4, 0.5) is 0 Å². The predicted molar refractivity (Wildman–Crippen MR) is 111 cm³/mol. The van der Waals surface area contributed by atoms with Crippen molar-refractivity contribution < 1.29 is 18.7 Å². The first-order valence-corrected chi connectivity index (χ1v) is 10.1. The van der Waals surface area contributed by atoms with Crippen LogP contribution in [0.3, 0.4) is 0 Å². The highest BCUT2D eigenvalue weighted by Gasteiger charge is 2.13. The van der Waals surface area contributed by atoms with Crippen molar-refractivity contribution in [2.75, 3.05) is 13.2 Å². The fourth-order valence-electron chi connectivity index (χ4n) is 3.34. The van der Waals surface area contributed by atoms with Gasteiger partial charge in [0.25, 0.3) is 5.91 Å². The Labute approximate surface area is 170 Å². The van der Waals surface area contributed by atoms with Gasteiger partial charge in [-0.05, 0) is 44.0 Å². The van der Waals surface area contributed by atoms with Gasteiger partial charge in [-0.25, -0.2) is 10.2 Å². The number of benzene rings is 1. The van der Waals surface area contributed by atoms with Crippen molar-refractivity contribution >= 4 is 18.1 Å². The van der Waals surface area contributed by atoms with Crippen LogP contribution in [0.2, 0.25) is 0 Å². The average Bonchev–Trinajstić information content (AvgIpc) is 3.22. The van der Waals surface area contributed by atoms with E-state index in [1.807, 2.05) is 6.07 Å². The minimum atomic E-state index is -0.368. The molecule has 0 radical (unpaired) electrons. The van der Waals surface area contributed by atoms with Gasteiger partial charge in [0.2, 0.25) is 0 Å². The smallest absolute Gasteiger partial charge is 0.338 e. The maximum absolute atomic E-state index is 11.9. The van der Waals surface area contributed by atoms with Crippen LogP contribution in [-0.2, 0) is 9.53 Å². The summed E-state index contributed by atoms with van der Waals surface area (Å²) in [6.07, 6.45) is 7.44. The van der Waals surface area contributed by atoms with Gasteiger partial charge < -0.3 is 14.5 Å². The largest absolute Gasteiger partial charge is 0.462 e. The number of hydrogen-bond acceptors (Lipinski definition) is 6. The Hall–Kier alpha value is -2.93. The molecule has 1 amide bonds. The summed E-state index contributed by atoms with van der Waals surface area (Å²) in [6.45, 7) is 2.35. The maximum Gasteiger partial charge on any atom is 0.338 e. The van der Waals surface area contributed by atoms with Gasteiger partial charge in [-0.3, -0.25) is 4.79 Å². The Bertz CT molecular complexity index is 853. The Kier molecular flexibility index (Phi) is 7.58. The van der Waals surface area contributed by atoms with E-state index in [0.717, 1.165) is 18.4 Å². The number of hydrogen-bond donors (Lipinski definition) is 2. The van der Waals surface area contributed by atoms with Crippen molar-refractivity contribution in [3.63, 3.8) is 0 Å². The first-order chi connectivity index (χ1) is 14.2. The van der Waals surface area contributed by atoms with Gasteiger partial charge in [0.05, 0.1) is 24.9 Å². The second-order valence-corrected chi connectivity index (χ2v) is 7.01. The number of ether oxygens (including phenoxy) is 1. The molecule has 1 aromatic heterocycles. The molecule has 1 fully saturated rings. The zero-order valence-corrected chi connectivity index (χ0v) is 16.6. The molecule has 0 unspecified atom stereocenters. The van der Waals surface area contributed by atoms with E-state index in [2.05, 4.69) is 15.8 Å². The highest BCUT2D eigenvalue weighted by atomic mass is 16.5. The number of esters is 1. The van der Waals surface area contributed by atoms with E-state index < -0.39 is 0 Å². The average molecular weight is 397 g/mol. The highest BCUT2D eigenvalue weighted by Crippen LogP contribution is 2.23. The van der Waals surface area contributed by atoms with Gasteiger partial charge >= 0.3 is 5.97 Å². The van der Waals surface area contributed by atoms with Gasteiger partial charge in [0.15, 0.2) is 0 Å². The van der Waals surface area contributed by atoms with Crippen molar-refractivity contribution in [1.82, 2.24) is 10.7 Å². The molecule has 0 bridgehead atoms. The van der Waals surface area contributed by atoms with Crippen LogP contribution in [0.5, 0.6) is 0 Å². The molecule has 1 aliphatic rings. The second-order valence-electron chi connectivity index (χ2n) is 7.01. The molecule has 1 aromatic carbocycles. The van der Waals surface area contributed by atoms with Crippen molar-refractivity contribution in [2.24, 2.45) is 5.10 Å². The molecule has 7 heteroatoms. The quantitative estimate of drug-likeness (QED) is 0.404. The normalized spacial score (nSPS) is 14.8. The van der Waals surface area contributed by atoms with Crippen LogP contribution in [0.25, 0.3) is 11.3 Å². The van der Waals surface area contributed by atoms with Crippen LogP contribution in [0.1, 0.15) is 55.1 Å². The van der Waals surface area contributed by atoms with Crippen molar-refractivity contribution in [2.45, 2.75) is 45.1 Å². The fourth-order valence-corrected chi connectivity index (χ4v) is 3.34. The molecule has 1 heterocycles. The Balaban J connectivity index is 1.51. The number of hydrazone groups is 1. The summed E-state index contributed by atoms with van der Waals surface area (Å²) in [7, 11) is 0. The third-order valence-electron chi connectivity index (χ3n) is 4.82. The number of nitrogens with zero attached hydrogens (tertiary/aromatic N) is 1. The third-order valence-corrected chi connectivity index (χ3v) is 4.82. The van der Waals surface area contributed by atoms with Crippen molar-refractivity contribution in [3.8, 4) is 11.3 Å². The van der Waals surface area contributed by atoms with Crippen molar-refractivity contribution in [1.29, 1.82) is 0 Å². The highest BCUT2D eigenvalue weighted by molar-refractivity contribution is 5.91. The molecule has 154 valence electrons. The summed E-state index contributed by atoms with van der Waals surface area (Å²) in [4.78, 5) is 23.8. The Morgan fingerprint density at radius 2 is 2.03 bits per heavy atom. The van der Waals surface area contributed by atoms with Crippen LogP contribution in [0.15, 0.2) is 45.9 Å². The summed E-state index contributed by atoms with van der Waals surface area (Å²) in [5, 5.41) is 7.22. The molecule has 3 rings (SSSR count). The lowest BCUT2D eigenvalue weighted by Gasteiger charge is -2.22. The monoisotopic (exact) mass is 397 g/mol. The number of amides is 1. The molecule has 0 spiro atoms. The number of furan rings is 1. The van der Waals surface area contributed by atoms with E-state index >= 15 is 0 Å². The first kappa shape index (κ1) is 20.8. The predicted octanol–water partition coefficient (Wildman–Crippen LogP) is 3.50. The van der Waals surface area contributed by atoms with Crippen molar-refractivity contribution in [3.05, 3.63) is 47.7 Å². The van der Waals surface area contributed by atoms with Gasteiger partial charge in [-0.2, -0.15) is 5.10 Å². The summed E-state index contributed by atoms with van der Waals surface area (Å²) in [6, 6.07) is 11.0. The third kappa shape index (κ3) is 6.29. The number of carbonyl (C=O) groups excluding carboxylic acids is 2. The molecule has 0 aliphatic heterocycles. The fraction of sp³-hybridized carbons (Fsp3) is 0.409. The molecule has 2 aromatic rings. The Morgan fingerprint density at radius 1 is 1.21 bits per heavy atom. The van der Waals surface area contributed by atoms with Crippen LogP contribution >= 0.6 is 0 Å². The van der Waals surface area contributed by atoms with Gasteiger partial charge in [-0.1, -0.05) is 31.4 Å². The lowest BCUT2D eigenvalue weighted by molar-refractivity contribution is -0.120. The summed E-state index contributed by atoms with van der Waals surface area (Å²) >= 11 is 0. The molecule has 29 heavy (non-hydrogen) atoms. The van der Waals surface area contributed by atoms with E-state index in [9.17, 15) is 9.59 Å². The van der Waals surface area contributed by atoms with Crippen LogP contribution < -0.4 is 10.7 Å². The molecule has 7 nitrogen and oxygen atoms in total. The van der Waals surface area contributed by atoms with E-state index in [4.69, 9.17) is 9.15 Å². The number of rotatable bonds is 8. The van der Waals surface area contributed by atoms with E-state index in [0.29, 0.717) is 29.7 Å². The zero-order chi connectivity index (χ0) is 20.5. The standard InChI is InChI=1S/C22H27N3O4/c1-2-28-22(27)17-8-6-7-16(13-17)20-12-11-19(29-20)14-24-25-21(26)15-23-18-9-4-3-5-10-18/h6-8,11-14,18,23H,2-5,9-10,15H2,1H3,(H,25,26)/b24-14-. The van der Waals surface area contributed by atoms with Crippen LogP contribution in [0, 0.1) is 0 Å². The number of nitrogens with one attached hydrogen (secondary N) is 2. The summed E-state index contributed by atoms with van der Waals surface area (Å²) < 4.78 is 10.8. The molecular formula is C22H27N3O4. The van der Waals surface area contributed by atoms with E-state index in [1.165, 1.54) is 25.5 Å². The van der Waals surface area contributed by atoms with Gasteiger partial charge in [-0.15, -0.1) is 0 Å². The lowest BCUT2D eigenvalue weighted by Crippen LogP contribution is -2.38. The van der Waals surface area contributed by atoms with Gasteiger partial charge in [0.1, 0.15) is 11.5 Å². The minimum Gasteiger partial charge on any atom is -0.462 e. The molecular weight excluding hydrogens is 370 g/mol. The SMILES string of the molecule is CCOC(=O)c1cccc(-c2ccc(/C=N\NC(=O)CNC3CCCCC3)o2)c1. The number of carbonyl (C=O) groups is 2. The lowest BCUT2D eigenvalue weighted by atomic mass is 9.95. The zero-order valence-electron chi connectivity index (χ0n) is 16.6. The summed E-state index contributed by atoms with van der Waals surface area (Å²) in [5.74, 6) is 0.554. The molecule has 1 aliphatic carbocycles. The van der Waals surface area contributed by atoms with E-state index in [-0.39, 0.29) is 18.4 Å². The topological polar surface area (TPSA) is 92.9 Å².